The lowest BCUT2D eigenvalue weighted by molar-refractivity contribution is -0.117. The van der Waals surface area contributed by atoms with Gasteiger partial charge in [0.15, 0.2) is 0 Å². The number of carbonyl (C=O) groups is 1. The highest BCUT2D eigenvalue weighted by molar-refractivity contribution is 6.59. The quantitative estimate of drug-likeness (QED) is 0.639. The molecule has 1 aromatic carbocycles. The van der Waals surface area contributed by atoms with Gasteiger partial charge in [0.2, 0.25) is 5.91 Å². The normalized spacial score (nSPS) is 9.37. The van der Waals surface area contributed by atoms with Crippen LogP contribution in [0.25, 0.3) is 0 Å². The van der Waals surface area contributed by atoms with Gasteiger partial charge in [0.25, 0.3) is 0 Å². The largest absolute Gasteiger partial charge is 0.529 e. The minimum Gasteiger partial charge on any atom is -0.421 e. The van der Waals surface area contributed by atoms with E-state index in [2.05, 4.69) is 16.8 Å². The molecule has 0 aliphatic rings. The maximum absolute atomic E-state index is 11.3. The van der Waals surface area contributed by atoms with Crippen molar-refractivity contribution < 1.29 is 19.2 Å². The molecule has 19 heavy (non-hydrogen) atoms. The molecule has 0 unspecified atom stereocenters. The highest BCUT2D eigenvalue weighted by atomic mass is 19.3. The van der Waals surface area contributed by atoms with Gasteiger partial charge >= 0.3 is 7.12 Å². The minimum atomic E-state index is -1.46. The van der Waals surface area contributed by atoms with E-state index in [4.69, 9.17) is 5.02 Å². The molecule has 0 heterocycles. The van der Waals surface area contributed by atoms with Gasteiger partial charge in [-0.05, 0) is 26.2 Å². The van der Waals surface area contributed by atoms with Crippen molar-refractivity contribution >= 4 is 18.5 Å². The molecule has 0 aliphatic carbocycles. The third kappa shape index (κ3) is 8.13. The number of rotatable bonds is 4. The molecule has 0 radical (unpaired) electrons. The maximum Gasteiger partial charge on any atom is 0.529 e. The number of hydrogen-bond donors (Lipinski definition) is 2. The van der Waals surface area contributed by atoms with E-state index in [1.165, 1.54) is 0 Å². The van der Waals surface area contributed by atoms with Crippen LogP contribution in [0.4, 0.5) is 4.53 Å². The lowest BCUT2D eigenvalue weighted by atomic mass is 9.80. The zero-order chi connectivity index (χ0) is 14.8. The summed E-state index contributed by atoms with van der Waals surface area (Å²) in [5.41, 5.74) is 0.966. The van der Waals surface area contributed by atoms with Crippen LogP contribution in [-0.2, 0) is 9.65 Å². The molecule has 0 atom stereocenters. The summed E-state index contributed by atoms with van der Waals surface area (Å²) in [7, 11) is -1.46. The van der Waals surface area contributed by atoms with Crippen LogP contribution in [0.1, 0.15) is 20.8 Å². The second-order valence-corrected chi connectivity index (χ2v) is 4.26. The van der Waals surface area contributed by atoms with Gasteiger partial charge in [-0.25, -0.2) is 4.86 Å². The van der Waals surface area contributed by atoms with E-state index < -0.39 is 7.12 Å². The molecule has 104 valence electrons. The number of nitrogens with one attached hydrogen (secondary N) is 1. The van der Waals surface area contributed by atoms with E-state index in [1.54, 1.807) is 37.3 Å². The second kappa shape index (κ2) is 9.30. The standard InChI is InChI=1S/C7H13NO.C6H6BFO2/c1-5(2)7(9)8-6(3)4;8-10-7(9)6-4-2-1-3-5-6/h6H,1H2,2-4H3,(H,8,9);1-5,9H. The Hall–Kier alpha value is -1.66. The molecule has 0 aliphatic heterocycles. The van der Waals surface area contributed by atoms with Crippen LogP contribution in [0, 0.1) is 0 Å². The Labute approximate surface area is 113 Å². The molecule has 6 heteroatoms. The Morgan fingerprint density at radius 1 is 1.42 bits per heavy atom. The maximum atomic E-state index is 11.3. The van der Waals surface area contributed by atoms with Gasteiger partial charge in [-0.1, -0.05) is 41.4 Å². The molecular weight excluding hydrogens is 248 g/mol. The van der Waals surface area contributed by atoms with Crippen LogP contribution in [0.5, 0.6) is 0 Å². The third-order valence-corrected chi connectivity index (χ3v) is 1.98. The van der Waals surface area contributed by atoms with Gasteiger partial charge < -0.3 is 10.3 Å². The van der Waals surface area contributed by atoms with Crippen LogP contribution in [0.15, 0.2) is 42.5 Å². The molecule has 0 bridgehead atoms. The summed E-state index contributed by atoms with van der Waals surface area (Å²) in [6.07, 6.45) is 0. The smallest absolute Gasteiger partial charge is 0.421 e. The summed E-state index contributed by atoms with van der Waals surface area (Å²) in [5.74, 6) is -0.0648. The van der Waals surface area contributed by atoms with E-state index in [9.17, 15) is 9.32 Å². The Bertz CT molecular complexity index is 398. The van der Waals surface area contributed by atoms with E-state index in [0.29, 0.717) is 11.0 Å². The monoisotopic (exact) mass is 267 g/mol. The predicted molar refractivity (Wildman–Crippen MR) is 74.3 cm³/mol. The van der Waals surface area contributed by atoms with E-state index in [-0.39, 0.29) is 11.9 Å². The summed E-state index contributed by atoms with van der Waals surface area (Å²) in [6.45, 7) is 9.02. The average molecular weight is 267 g/mol. The number of amides is 1. The topological polar surface area (TPSA) is 58.6 Å². The molecule has 0 saturated heterocycles. The van der Waals surface area contributed by atoms with Crippen LogP contribution in [0.2, 0.25) is 0 Å². The van der Waals surface area contributed by atoms with Crippen LogP contribution in [0.3, 0.4) is 0 Å². The second-order valence-electron chi connectivity index (χ2n) is 4.26. The fourth-order valence-corrected chi connectivity index (χ4v) is 1.05. The summed E-state index contributed by atoms with van der Waals surface area (Å²) < 4.78 is 11.3. The fourth-order valence-electron chi connectivity index (χ4n) is 1.05. The van der Waals surface area contributed by atoms with E-state index in [0.717, 1.165) is 0 Å². The first kappa shape index (κ1) is 17.3. The van der Waals surface area contributed by atoms with Crippen LogP contribution < -0.4 is 10.8 Å². The van der Waals surface area contributed by atoms with Crippen molar-refractivity contribution in [3.8, 4) is 0 Å². The Balaban J connectivity index is 0.000000344. The first-order chi connectivity index (χ1) is 8.88. The first-order valence-corrected chi connectivity index (χ1v) is 5.85. The molecular formula is C13H19BFNO3. The number of carbonyl (C=O) groups excluding carboxylic acids is 1. The van der Waals surface area contributed by atoms with Gasteiger partial charge in [-0.2, -0.15) is 0 Å². The molecule has 0 aromatic heterocycles. The molecule has 4 nitrogen and oxygen atoms in total. The highest BCUT2D eigenvalue weighted by Gasteiger charge is 2.15. The zero-order valence-electron chi connectivity index (χ0n) is 11.4. The Morgan fingerprint density at radius 3 is 2.26 bits per heavy atom. The van der Waals surface area contributed by atoms with Crippen molar-refractivity contribution in [3.05, 3.63) is 42.5 Å². The van der Waals surface area contributed by atoms with Crippen molar-refractivity contribution in [1.29, 1.82) is 0 Å². The highest BCUT2D eigenvalue weighted by Crippen LogP contribution is 1.87. The predicted octanol–water partition coefficient (Wildman–Crippen LogP) is 1.36. The zero-order valence-corrected chi connectivity index (χ0v) is 11.4. The summed E-state index contributed by atoms with van der Waals surface area (Å²) in [4.78, 5) is 13.9. The van der Waals surface area contributed by atoms with Gasteiger partial charge in [0.05, 0.1) is 0 Å². The lowest BCUT2D eigenvalue weighted by Gasteiger charge is -2.06. The Kier molecular flexibility index (Phi) is 8.49. The third-order valence-electron chi connectivity index (χ3n) is 1.98. The van der Waals surface area contributed by atoms with E-state index in [1.807, 2.05) is 13.8 Å². The molecule has 2 N–H and O–H groups in total. The first-order valence-electron chi connectivity index (χ1n) is 5.85. The van der Waals surface area contributed by atoms with E-state index >= 15 is 0 Å². The molecule has 0 saturated carbocycles. The van der Waals surface area contributed by atoms with Crippen LogP contribution in [-0.4, -0.2) is 24.1 Å². The SMILES string of the molecule is C=C(C)C(=O)NC(C)C.OB(OF)c1ccccc1. The summed E-state index contributed by atoms with van der Waals surface area (Å²) >= 11 is 0. The Morgan fingerprint density at radius 2 is 1.95 bits per heavy atom. The van der Waals surface area contributed by atoms with Gasteiger partial charge in [-0.15, -0.1) is 0 Å². The van der Waals surface area contributed by atoms with Crippen molar-refractivity contribution in [3.63, 3.8) is 0 Å². The average Bonchev–Trinajstić information content (AvgIpc) is 2.38. The fraction of sp³-hybridized carbons (Fsp3) is 0.308. The van der Waals surface area contributed by atoms with Crippen molar-refractivity contribution in [2.75, 3.05) is 0 Å². The number of benzene rings is 1. The molecule has 1 amide bonds. The number of halogens is 1. The summed E-state index contributed by atoms with van der Waals surface area (Å²) in [6, 6.07) is 8.51. The lowest BCUT2D eigenvalue weighted by Crippen LogP contribution is -2.30. The van der Waals surface area contributed by atoms with Gasteiger partial charge in [-0.3, -0.25) is 4.79 Å². The molecule has 0 fully saturated rings. The molecule has 1 aromatic rings. The summed E-state index contributed by atoms with van der Waals surface area (Å²) in [5, 5.41) is 11.4. The van der Waals surface area contributed by atoms with Gasteiger partial charge in [0.1, 0.15) is 0 Å². The van der Waals surface area contributed by atoms with Crippen molar-refractivity contribution in [1.82, 2.24) is 5.32 Å². The van der Waals surface area contributed by atoms with Crippen LogP contribution >= 0.6 is 0 Å². The number of hydrogen-bond acceptors (Lipinski definition) is 3. The minimum absolute atomic E-state index is 0.0648. The van der Waals surface area contributed by atoms with Gasteiger partial charge in [0, 0.05) is 11.6 Å². The van der Waals surface area contributed by atoms with Crippen molar-refractivity contribution in [2.24, 2.45) is 0 Å². The molecule has 0 spiro atoms. The molecule has 1 rings (SSSR count). The van der Waals surface area contributed by atoms with Crippen molar-refractivity contribution in [2.45, 2.75) is 26.8 Å².